The average Bonchev–Trinajstić information content (AvgIpc) is 3.05. The van der Waals surface area contributed by atoms with Crippen LogP contribution in [0.25, 0.3) is 0 Å². The molecule has 0 spiro atoms. The molecule has 0 bridgehead atoms. The number of carbonyl (C=O) groups excluding carboxylic acids is 2. The number of hydrogen-bond acceptors (Lipinski definition) is 2. The topological polar surface area (TPSA) is 52.7 Å². The molecule has 5 heteroatoms. The molecular weight excluding hydrogens is 278 g/mol. The van der Waals surface area contributed by atoms with Gasteiger partial charge in [0.1, 0.15) is 0 Å². The van der Waals surface area contributed by atoms with Gasteiger partial charge >= 0.3 is 6.03 Å². The van der Waals surface area contributed by atoms with Crippen molar-refractivity contribution >= 4 is 11.9 Å². The molecule has 3 amide bonds. The molecule has 1 saturated carbocycles. The fourth-order valence-corrected chi connectivity index (χ4v) is 4.06. The van der Waals surface area contributed by atoms with Crippen LogP contribution in [0.5, 0.6) is 0 Å². The fourth-order valence-electron chi connectivity index (χ4n) is 4.06. The van der Waals surface area contributed by atoms with Crippen molar-refractivity contribution in [2.45, 2.75) is 64.5 Å². The average molecular weight is 307 g/mol. The summed E-state index contributed by atoms with van der Waals surface area (Å²) in [6.45, 7) is 6.20. The van der Waals surface area contributed by atoms with Crippen molar-refractivity contribution in [3.05, 3.63) is 0 Å². The predicted octanol–water partition coefficient (Wildman–Crippen LogP) is 2.22. The first-order valence-corrected chi connectivity index (χ1v) is 8.92. The molecule has 3 aliphatic rings. The maximum atomic E-state index is 12.6. The second-order valence-corrected chi connectivity index (χ2v) is 7.47. The number of likely N-dealkylation sites (tertiary alicyclic amines) is 2. The molecule has 2 unspecified atom stereocenters. The highest BCUT2D eigenvalue weighted by Gasteiger charge is 2.38. The van der Waals surface area contributed by atoms with E-state index in [4.69, 9.17) is 0 Å². The van der Waals surface area contributed by atoms with Crippen LogP contribution in [0.15, 0.2) is 0 Å². The summed E-state index contributed by atoms with van der Waals surface area (Å²) in [5.74, 6) is 0.970. The lowest BCUT2D eigenvalue weighted by atomic mass is 9.79. The van der Waals surface area contributed by atoms with Crippen molar-refractivity contribution in [1.29, 1.82) is 0 Å². The van der Waals surface area contributed by atoms with Crippen molar-refractivity contribution in [1.82, 2.24) is 15.1 Å². The quantitative estimate of drug-likeness (QED) is 0.869. The summed E-state index contributed by atoms with van der Waals surface area (Å²) >= 11 is 0. The van der Waals surface area contributed by atoms with Gasteiger partial charge in [-0.3, -0.25) is 4.79 Å². The lowest BCUT2D eigenvalue weighted by molar-refractivity contribution is -0.133. The Balaban J connectivity index is 1.51. The van der Waals surface area contributed by atoms with Crippen molar-refractivity contribution in [3.63, 3.8) is 0 Å². The Morgan fingerprint density at radius 3 is 2.45 bits per heavy atom. The minimum absolute atomic E-state index is 0.0380. The largest absolute Gasteiger partial charge is 0.340 e. The number of urea groups is 1. The SMILES string of the molecule is CC(C)C(=O)N1CCC(NC(=O)N2CCCC2C2CCC2)C1. The number of nitrogens with one attached hydrogen (secondary N) is 1. The molecule has 3 fully saturated rings. The van der Waals surface area contributed by atoms with Gasteiger partial charge in [-0.2, -0.15) is 0 Å². The Hall–Kier alpha value is -1.26. The minimum atomic E-state index is 0.0380. The summed E-state index contributed by atoms with van der Waals surface area (Å²) in [7, 11) is 0. The van der Waals surface area contributed by atoms with Crippen molar-refractivity contribution in [3.8, 4) is 0 Å². The van der Waals surface area contributed by atoms with Crippen LogP contribution < -0.4 is 5.32 Å². The van der Waals surface area contributed by atoms with Gasteiger partial charge in [0.05, 0.1) is 0 Å². The van der Waals surface area contributed by atoms with E-state index in [1.165, 1.54) is 25.7 Å². The molecule has 5 nitrogen and oxygen atoms in total. The number of hydrogen-bond donors (Lipinski definition) is 1. The summed E-state index contributed by atoms with van der Waals surface area (Å²) in [5.41, 5.74) is 0. The molecule has 2 saturated heterocycles. The minimum Gasteiger partial charge on any atom is -0.340 e. The van der Waals surface area contributed by atoms with E-state index in [-0.39, 0.29) is 23.9 Å². The van der Waals surface area contributed by atoms with Crippen LogP contribution in [-0.4, -0.2) is 53.5 Å². The molecule has 2 atom stereocenters. The third-order valence-electron chi connectivity index (χ3n) is 5.58. The van der Waals surface area contributed by atoms with Crippen LogP contribution in [-0.2, 0) is 4.79 Å². The molecule has 0 aromatic carbocycles. The van der Waals surface area contributed by atoms with Gasteiger partial charge in [0, 0.05) is 37.6 Å². The van der Waals surface area contributed by atoms with Crippen LogP contribution >= 0.6 is 0 Å². The van der Waals surface area contributed by atoms with Crippen molar-refractivity contribution in [2.75, 3.05) is 19.6 Å². The first-order chi connectivity index (χ1) is 10.6. The molecule has 0 aromatic rings. The molecule has 2 aliphatic heterocycles. The number of amides is 3. The third-order valence-corrected chi connectivity index (χ3v) is 5.58. The highest BCUT2D eigenvalue weighted by atomic mass is 16.2. The zero-order valence-electron chi connectivity index (χ0n) is 13.9. The Morgan fingerprint density at radius 2 is 1.82 bits per heavy atom. The van der Waals surface area contributed by atoms with Crippen LogP contribution in [0.1, 0.15) is 52.4 Å². The normalized spacial score (nSPS) is 29.0. The molecule has 1 aliphatic carbocycles. The molecule has 22 heavy (non-hydrogen) atoms. The highest BCUT2D eigenvalue weighted by Crippen LogP contribution is 2.37. The van der Waals surface area contributed by atoms with E-state index in [1.54, 1.807) is 0 Å². The van der Waals surface area contributed by atoms with Crippen LogP contribution in [0.2, 0.25) is 0 Å². The predicted molar refractivity (Wildman–Crippen MR) is 85.4 cm³/mol. The maximum Gasteiger partial charge on any atom is 0.317 e. The monoisotopic (exact) mass is 307 g/mol. The number of nitrogens with zero attached hydrogens (tertiary/aromatic N) is 2. The van der Waals surface area contributed by atoms with Gasteiger partial charge in [-0.25, -0.2) is 4.79 Å². The van der Waals surface area contributed by atoms with E-state index in [0.717, 1.165) is 31.8 Å². The zero-order chi connectivity index (χ0) is 15.7. The van der Waals surface area contributed by atoms with Gasteiger partial charge in [-0.05, 0) is 38.0 Å². The van der Waals surface area contributed by atoms with Crippen LogP contribution in [0.3, 0.4) is 0 Å². The van der Waals surface area contributed by atoms with E-state index in [0.29, 0.717) is 12.6 Å². The summed E-state index contributed by atoms with van der Waals surface area (Å²) in [6.07, 6.45) is 7.08. The van der Waals surface area contributed by atoms with E-state index >= 15 is 0 Å². The van der Waals surface area contributed by atoms with Gasteiger partial charge in [-0.15, -0.1) is 0 Å². The van der Waals surface area contributed by atoms with E-state index in [1.807, 2.05) is 18.7 Å². The van der Waals surface area contributed by atoms with Gasteiger partial charge < -0.3 is 15.1 Å². The smallest absolute Gasteiger partial charge is 0.317 e. The lowest BCUT2D eigenvalue weighted by Gasteiger charge is -2.37. The van der Waals surface area contributed by atoms with Gasteiger partial charge in [-0.1, -0.05) is 20.3 Å². The van der Waals surface area contributed by atoms with Crippen molar-refractivity contribution < 1.29 is 9.59 Å². The van der Waals surface area contributed by atoms with E-state index in [9.17, 15) is 9.59 Å². The molecule has 3 rings (SSSR count). The molecular formula is C17H29N3O2. The van der Waals surface area contributed by atoms with Crippen LogP contribution in [0.4, 0.5) is 4.79 Å². The summed E-state index contributed by atoms with van der Waals surface area (Å²) in [5, 5.41) is 3.17. The first kappa shape index (κ1) is 15.6. The fraction of sp³-hybridized carbons (Fsp3) is 0.882. The summed E-state index contributed by atoms with van der Waals surface area (Å²) in [6, 6.07) is 0.680. The van der Waals surface area contributed by atoms with Gasteiger partial charge in [0.25, 0.3) is 0 Å². The van der Waals surface area contributed by atoms with E-state index in [2.05, 4.69) is 10.2 Å². The molecule has 0 radical (unpaired) electrons. The molecule has 124 valence electrons. The second kappa shape index (κ2) is 6.47. The van der Waals surface area contributed by atoms with Crippen molar-refractivity contribution in [2.24, 2.45) is 11.8 Å². The lowest BCUT2D eigenvalue weighted by Crippen LogP contribution is -2.50. The number of carbonyl (C=O) groups is 2. The van der Waals surface area contributed by atoms with Crippen LogP contribution in [0, 0.1) is 11.8 Å². The van der Waals surface area contributed by atoms with E-state index < -0.39 is 0 Å². The third kappa shape index (κ3) is 3.08. The van der Waals surface area contributed by atoms with Gasteiger partial charge in [0.2, 0.25) is 5.91 Å². The maximum absolute atomic E-state index is 12.6. The molecule has 1 N–H and O–H groups in total. The Labute approximate surface area is 133 Å². The zero-order valence-corrected chi connectivity index (χ0v) is 13.9. The highest BCUT2D eigenvalue weighted by molar-refractivity contribution is 5.79. The first-order valence-electron chi connectivity index (χ1n) is 8.92. The Kier molecular flexibility index (Phi) is 4.59. The molecule has 2 heterocycles. The standard InChI is InChI=1S/C17H29N3O2/c1-12(2)16(21)19-10-8-14(11-19)18-17(22)20-9-4-7-15(20)13-5-3-6-13/h12-15H,3-11H2,1-2H3,(H,18,22). The Bertz CT molecular complexity index is 434. The van der Waals surface area contributed by atoms with Gasteiger partial charge in [0.15, 0.2) is 0 Å². The number of rotatable bonds is 3. The summed E-state index contributed by atoms with van der Waals surface area (Å²) < 4.78 is 0. The second-order valence-electron chi connectivity index (χ2n) is 7.47. The molecule has 0 aromatic heterocycles. The Morgan fingerprint density at radius 1 is 1.05 bits per heavy atom. The summed E-state index contributed by atoms with van der Waals surface area (Å²) in [4.78, 5) is 28.6.